The van der Waals surface area contributed by atoms with Gasteiger partial charge in [-0.3, -0.25) is 10.1 Å². The number of rotatable bonds is 4. The molecule has 1 N–H and O–H groups in total. The first kappa shape index (κ1) is 14.7. The summed E-state index contributed by atoms with van der Waals surface area (Å²) >= 11 is 0. The zero-order chi connectivity index (χ0) is 16.4. The summed E-state index contributed by atoms with van der Waals surface area (Å²) in [6.45, 7) is 0. The van der Waals surface area contributed by atoms with Crippen molar-refractivity contribution in [1.82, 2.24) is 0 Å². The van der Waals surface area contributed by atoms with E-state index in [0.29, 0.717) is 11.1 Å². The molecule has 2 atom stereocenters. The van der Waals surface area contributed by atoms with Gasteiger partial charge in [-0.1, -0.05) is 30.3 Å². The third kappa shape index (κ3) is 2.41. The molecule has 0 radical (unpaired) electrons. The molecular formula is C16H12N3O4+. The zero-order valence-electron chi connectivity index (χ0n) is 11.9. The van der Waals surface area contributed by atoms with E-state index < -0.39 is 16.6 Å². The van der Waals surface area contributed by atoms with Crippen LogP contribution in [0.15, 0.2) is 66.6 Å². The molecule has 7 nitrogen and oxygen atoms in total. The first-order valence-corrected chi connectivity index (χ1v) is 6.81. The average molecular weight is 310 g/mol. The van der Waals surface area contributed by atoms with E-state index in [2.05, 4.69) is 4.98 Å². The molecule has 2 aromatic rings. The van der Waals surface area contributed by atoms with Crippen molar-refractivity contribution in [1.29, 1.82) is 5.39 Å². The van der Waals surface area contributed by atoms with Crippen LogP contribution in [-0.2, 0) is 10.3 Å². The Bertz CT molecular complexity index is 811. The minimum atomic E-state index is -1.15. The van der Waals surface area contributed by atoms with Gasteiger partial charge in [0.1, 0.15) is 6.10 Å². The molecule has 23 heavy (non-hydrogen) atoms. The van der Waals surface area contributed by atoms with E-state index >= 15 is 0 Å². The van der Waals surface area contributed by atoms with E-state index in [-0.39, 0.29) is 11.4 Å². The molecule has 2 aromatic carbocycles. The van der Waals surface area contributed by atoms with Crippen molar-refractivity contribution >= 4 is 5.69 Å². The largest absolute Gasteiger partial charge is 0.503 e. The molecule has 1 aliphatic rings. The van der Waals surface area contributed by atoms with Crippen LogP contribution in [0.25, 0.3) is 4.98 Å². The van der Waals surface area contributed by atoms with Gasteiger partial charge < -0.3 is 9.84 Å². The summed E-state index contributed by atoms with van der Waals surface area (Å²) in [5, 5.41) is 29.7. The molecule has 0 saturated carbocycles. The van der Waals surface area contributed by atoms with Gasteiger partial charge in [0.2, 0.25) is 11.2 Å². The van der Waals surface area contributed by atoms with E-state index in [0.717, 1.165) is 6.20 Å². The molecule has 0 aliphatic carbocycles. The van der Waals surface area contributed by atoms with Gasteiger partial charge in [-0.05, 0) is 23.3 Å². The molecule has 1 fully saturated rings. The third-order valence-electron chi connectivity index (χ3n) is 3.79. The number of hydrogen-bond donors (Lipinski definition) is 1. The Hall–Kier alpha value is -3.24. The van der Waals surface area contributed by atoms with Gasteiger partial charge in [-0.25, -0.2) is 0 Å². The minimum absolute atomic E-state index is 0.0233. The summed E-state index contributed by atoms with van der Waals surface area (Å²) in [7, 11) is 0. The van der Waals surface area contributed by atoms with Crippen LogP contribution in [0.1, 0.15) is 17.2 Å². The molecule has 0 amide bonds. The first-order chi connectivity index (χ1) is 11.1. The Kier molecular flexibility index (Phi) is 3.52. The number of diazo groups is 1. The molecule has 1 heterocycles. The lowest BCUT2D eigenvalue weighted by Gasteiger charge is -2.10. The van der Waals surface area contributed by atoms with Crippen LogP contribution in [0, 0.1) is 15.5 Å². The van der Waals surface area contributed by atoms with Crippen LogP contribution in [0.3, 0.4) is 0 Å². The highest BCUT2D eigenvalue weighted by atomic mass is 16.6. The summed E-state index contributed by atoms with van der Waals surface area (Å²) < 4.78 is 5.73. The molecule has 0 aromatic heterocycles. The van der Waals surface area contributed by atoms with Crippen molar-refractivity contribution in [2.24, 2.45) is 0 Å². The van der Waals surface area contributed by atoms with Gasteiger partial charge in [0.05, 0.1) is 4.92 Å². The maximum absolute atomic E-state index is 10.7. The fourth-order valence-electron chi connectivity index (χ4n) is 2.62. The normalized spacial score (nSPS) is 23.1. The standard InChI is InChI=1S/C16H11N3O4/c17-18-10-14(20)16(12-4-2-1-3-5-12)15(23-16)11-6-8-13(9-7-11)19(21)22/h1-10,15H/p+1. The van der Waals surface area contributed by atoms with E-state index in [1.54, 1.807) is 36.4 Å². The van der Waals surface area contributed by atoms with Gasteiger partial charge in [-0.2, -0.15) is 0 Å². The molecule has 3 rings (SSSR count). The molecule has 1 aliphatic heterocycles. The lowest BCUT2D eigenvalue weighted by molar-refractivity contribution is -0.384. The summed E-state index contributed by atoms with van der Waals surface area (Å²) in [4.78, 5) is 13.1. The first-order valence-electron chi connectivity index (χ1n) is 6.81. The second-order valence-corrected chi connectivity index (χ2v) is 5.08. The number of aliphatic hydroxyl groups is 1. The highest BCUT2D eigenvalue weighted by Crippen LogP contribution is 2.60. The highest BCUT2D eigenvalue weighted by Gasteiger charge is 2.63. The van der Waals surface area contributed by atoms with Crippen molar-refractivity contribution in [3.05, 3.63) is 92.8 Å². The molecule has 0 bridgehead atoms. The fraction of sp³-hybridized carbons (Fsp3) is 0.125. The van der Waals surface area contributed by atoms with Crippen LogP contribution in [0.4, 0.5) is 5.69 Å². The smallest absolute Gasteiger partial charge is 0.390 e. The second kappa shape index (κ2) is 5.51. The van der Waals surface area contributed by atoms with E-state index in [9.17, 15) is 15.2 Å². The predicted molar refractivity (Wildman–Crippen MR) is 80.8 cm³/mol. The highest BCUT2D eigenvalue weighted by molar-refractivity contribution is 5.44. The number of ether oxygens (including phenoxy) is 1. The van der Waals surface area contributed by atoms with Crippen molar-refractivity contribution in [2.45, 2.75) is 11.7 Å². The number of benzene rings is 2. The van der Waals surface area contributed by atoms with Crippen LogP contribution >= 0.6 is 0 Å². The number of nitro groups is 1. The number of nitro benzene ring substituents is 1. The summed E-state index contributed by atoms with van der Waals surface area (Å²) in [6.07, 6.45) is 0.391. The molecule has 2 unspecified atom stereocenters. The van der Waals surface area contributed by atoms with E-state index in [1.807, 2.05) is 6.07 Å². The molecule has 7 heteroatoms. The van der Waals surface area contributed by atoms with Crippen LogP contribution in [-0.4, -0.2) is 10.0 Å². The molecular weight excluding hydrogens is 298 g/mol. The summed E-state index contributed by atoms with van der Waals surface area (Å²) in [6, 6.07) is 14.9. The number of nitrogens with zero attached hydrogens (tertiary/aromatic N) is 3. The van der Waals surface area contributed by atoms with Crippen LogP contribution in [0.5, 0.6) is 0 Å². The lowest BCUT2D eigenvalue weighted by atomic mass is 9.90. The summed E-state index contributed by atoms with van der Waals surface area (Å²) in [5.41, 5.74) is 0.201. The van der Waals surface area contributed by atoms with Gasteiger partial charge in [-0.15, -0.1) is 0 Å². The Morgan fingerprint density at radius 3 is 2.48 bits per heavy atom. The van der Waals surface area contributed by atoms with Gasteiger partial charge >= 0.3 is 6.20 Å². The van der Waals surface area contributed by atoms with Gasteiger partial charge in [0, 0.05) is 12.1 Å². The third-order valence-corrected chi connectivity index (χ3v) is 3.79. The molecule has 0 spiro atoms. The topological polar surface area (TPSA) is 104 Å². The Labute approximate surface area is 131 Å². The second-order valence-electron chi connectivity index (χ2n) is 5.08. The number of epoxide rings is 1. The maximum atomic E-state index is 10.7. The Morgan fingerprint density at radius 1 is 1.26 bits per heavy atom. The van der Waals surface area contributed by atoms with Crippen molar-refractivity contribution in [2.75, 3.05) is 0 Å². The molecule has 114 valence electrons. The van der Waals surface area contributed by atoms with Crippen molar-refractivity contribution in [3.63, 3.8) is 0 Å². The number of hydrogen-bond acceptors (Lipinski definition) is 5. The lowest BCUT2D eigenvalue weighted by Crippen LogP contribution is -2.13. The number of non-ortho nitro benzene ring substituents is 1. The predicted octanol–water partition coefficient (Wildman–Crippen LogP) is 3.81. The van der Waals surface area contributed by atoms with Crippen LogP contribution in [0.2, 0.25) is 0 Å². The van der Waals surface area contributed by atoms with E-state index in [1.165, 1.54) is 12.1 Å². The Morgan fingerprint density at radius 2 is 1.91 bits per heavy atom. The minimum Gasteiger partial charge on any atom is -0.503 e. The van der Waals surface area contributed by atoms with Crippen molar-refractivity contribution < 1.29 is 14.8 Å². The monoisotopic (exact) mass is 310 g/mol. The molecule has 1 saturated heterocycles. The van der Waals surface area contributed by atoms with Crippen LogP contribution < -0.4 is 0 Å². The maximum Gasteiger partial charge on any atom is 0.390 e. The zero-order valence-corrected chi connectivity index (χ0v) is 11.9. The fourth-order valence-corrected chi connectivity index (χ4v) is 2.62. The number of aliphatic hydroxyl groups excluding tert-OH is 1. The van der Waals surface area contributed by atoms with Crippen molar-refractivity contribution in [3.8, 4) is 0 Å². The average Bonchev–Trinajstić information content (AvgIpc) is 3.33. The summed E-state index contributed by atoms with van der Waals surface area (Å²) in [5.74, 6) is -0.241. The van der Waals surface area contributed by atoms with Gasteiger partial charge in [0.15, 0.2) is 10.6 Å². The quantitative estimate of drug-likeness (QED) is 0.304. The van der Waals surface area contributed by atoms with Gasteiger partial charge in [0.25, 0.3) is 5.69 Å². The SMILES string of the molecule is N#[N+]C=C(O)C1(c2ccccc2)OC1c1ccc([N+](=O)[O-])cc1. The Balaban J connectivity index is 2.00. The van der Waals surface area contributed by atoms with E-state index in [4.69, 9.17) is 10.1 Å².